The molecule has 0 saturated heterocycles. The van der Waals surface area contributed by atoms with Crippen LogP contribution < -0.4 is 11.1 Å². The third-order valence-electron chi connectivity index (χ3n) is 2.83. The molecule has 0 aliphatic heterocycles. The standard InChI is InChI=1S/C11H25N3O2/c1-5-14(9(2)8-16-4)7-6-10(13-3)11(12)15/h9-10,13H,5-8H2,1-4H3,(H2,12,15). The minimum atomic E-state index is -0.294. The van der Waals surface area contributed by atoms with E-state index in [4.69, 9.17) is 10.5 Å². The Morgan fingerprint density at radius 3 is 2.56 bits per heavy atom. The van der Waals surface area contributed by atoms with Gasteiger partial charge < -0.3 is 15.8 Å². The fourth-order valence-corrected chi connectivity index (χ4v) is 1.76. The van der Waals surface area contributed by atoms with Crippen molar-refractivity contribution < 1.29 is 9.53 Å². The van der Waals surface area contributed by atoms with E-state index in [1.165, 1.54) is 0 Å². The summed E-state index contributed by atoms with van der Waals surface area (Å²) in [5, 5.41) is 2.92. The van der Waals surface area contributed by atoms with E-state index in [0.29, 0.717) is 12.6 Å². The van der Waals surface area contributed by atoms with Crippen molar-refractivity contribution in [1.82, 2.24) is 10.2 Å². The van der Waals surface area contributed by atoms with Crippen LogP contribution in [0.4, 0.5) is 0 Å². The third kappa shape index (κ3) is 5.44. The summed E-state index contributed by atoms with van der Waals surface area (Å²) in [6.45, 7) is 6.71. The fraction of sp³-hybridized carbons (Fsp3) is 0.909. The number of rotatable bonds is 9. The van der Waals surface area contributed by atoms with E-state index in [0.717, 1.165) is 19.5 Å². The number of carbonyl (C=O) groups is 1. The van der Waals surface area contributed by atoms with Gasteiger partial charge in [-0.1, -0.05) is 6.92 Å². The number of nitrogens with two attached hydrogens (primary N) is 1. The Kier molecular flexibility index (Phi) is 8.15. The average molecular weight is 231 g/mol. The number of likely N-dealkylation sites (N-methyl/N-ethyl adjacent to an activating group) is 2. The van der Waals surface area contributed by atoms with Gasteiger partial charge in [0.05, 0.1) is 12.6 Å². The Morgan fingerprint density at radius 1 is 1.56 bits per heavy atom. The lowest BCUT2D eigenvalue weighted by atomic mass is 10.1. The maximum absolute atomic E-state index is 11.0. The summed E-state index contributed by atoms with van der Waals surface area (Å²) in [7, 11) is 3.45. The second kappa shape index (κ2) is 8.50. The summed E-state index contributed by atoms with van der Waals surface area (Å²) >= 11 is 0. The normalized spacial score (nSPS) is 15.1. The molecule has 0 radical (unpaired) electrons. The van der Waals surface area contributed by atoms with E-state index >= 15 is 0 Å². The molecular weight excluding hydrogens is 206 g/mol. The number of hydrogen-bond donors (Lipinski definition) is 2. The van der Waals surface area contributed by atoms with E-state index in [1.54, 1.807) is 14.2 Å². The van der Waals surface area contributed by atoms with Crippen LogP contribution in [-0.4, -0.2) is 56.7 Å². The van der Waals surface area contributed by atoms with Crippen LogP contribution >= 0.6 is 0 Å². The van der Waals surface area contributed by atoms with E-state index in [9.17, 15) is 4.79 Å². The molecule has 3 N–H and O–H groups in total. The van der Waals surface area contributed by atoms with Crippen LogP contribution in [0, 0.1) is 0 Å². The highest BCUT2D eigenvalue weighted by Gasteiger charge is 2.16. The second-order valence-corrected chi connectivity index (χ2v) is 3.97. The second-order valence-electron chi connectivity index (χ2n) is 3.97. The monoisotopic (exact) mass is 231 g/mol. The zero-order valence-corrected chi connectivity index (χ0v) is 10.8. The molecule has 0 aliphatic rings. The number of carbonyl (C=O) groups excluding carboxylic acids is 1. The highest BCUT2D eigenvalue weighted by atomic mass is 16.5. The fourth-order valence-electron chi connectivity index (χ4n) is 1.76. The summed E-state index contributed by atoms with van der Waals surface area (Å²) in [6, 6.07) is 0.115. The van der Waals surface area contributed by atoms with Crippen LogP contribution in [-0.2, 0) is 9.53 Å². The van der Waals surface area contributed by atoms with E-state index in [-0.39, 0.29) is 11.9 Å². The average Bonchev–Trinajstić information content (AvgIpc) is 2.24. The summed E-state index contributed by atoms with van der Waals surface area (Å²) in [5.74, 6) is -0.294. The number of methoxy groups -OCH3 is 1. The van der Waals surface area contributed by atoms with Crippen molar-refractivity contribution >= 4 is 5.91 Å². The summed E-state index contributed by atoms with van der Waals surface area (Å²) in [5.41, 5.74) is 5.27. The van der Waals surface area contributed by atoms with Gasteiger partial charge in [-0.15, -0.1) is 0 Å². The molecule has 0 aromatic rings. The molecule has 0 aromatic carbocycles. The summed E-state index contributed by atoms with van der Waals surface area (Å²) in [4.78, 5) is 13.3. The van der Waals surface area contributed by atoms with Crippen LogP contribution in [0.5, 0.6) is 0 Å². The molecule has 1 amide bonds. The quantitative estimate of drug-likeness (QED) is 0.577. The molecule has 5 heteroatoms. The Bertz CT molecular complexity index is 200. The van der Waals surface area contributed by atoms with Gasteiger partial charge in [0, 0.05) is 19.7 Å². The first-order chi connectivity index (χ1) is 7.56. The van der Waals surface area contributed by atoms with Crippen molar-refractivity contribution in [3.8, 4) is 0 Å². The smallest absolute Gasteiger partial charge is 0.234 e. The van der Waals surface area contributed by atoms with Crippen molar-refractivity contribution in [2.45, 2.75) is 32.4 Å². The van der Waals surface area contributed by atoms with Crippen LogP contribution in [0.1, 0.15) is 20.3 Å². The lowest BCUT2D eigenvalue weighted by molar-refractivity contribution is -0.120. The van der Waals surface area contributed by atoms with Crippen molar-refractivity contribution in [2.75, 3.05) is 33.9 Å². The minimum Gasteiger partial charge on any atom is -0.383 e. The summed E-state index contributed by atoms with van der Waals surface area (Å²) in [6.07, 6.45) is 0.730. The molecule has 0 spiro atoms. The maximum atomic E-state index is 11.0. The lowest BCUT2D eigenvalue weighted by Crippen LogP contribution is -2.44. The number of nitrogens with zero attached hydrogens (tertiary/aromatic N) is 1. The third-order valence-corrected chi connectivity index (χ3v) is 2.83. The van der Waals surface area contributed by atoms with Crippen LogP contribution in [0.15, 0.2) is 0 Å². The SMILES string of the molecule is CCN(CCC(NC)C(N)=O)C(C)COC. The van der Waals surface area contributed by atoms with Crippen molar-refractivity contribution in [1.29, 1.82) is 0 Å². The van der Waals surface area contributed by atoms with Gasteiger partial charge in [0.25, 0.3) is 0 Å². The largest absolute Gasteiger partial charge is 0.383 e. The molecule has 0 fully saturated rings. The number of hydrogen-bond acceptors (Lipinski definition) is 4. The number of ether oxygens (including phenoxy) is 1. The van der Waals surface area contributed by atoms with Gasteiger partial charge in [0.1, 0.15) is 0 Å². The van der Waals surface area contributed by atoms with Gasteiger partial charge >= 0.3 is 0 Å². The molecule has 0 heterocycles. The first-order valence-electron chi connectivity index (χ1n) is 5.76. The Hall–Kier alpha value is -0.650. The number of nitrogens with one attached hydrogen (secondary N) is 1. The topological polar surface area (TPSA) is 67.6 Å². The molecule has 5 nitrogen and oxygen atoms in total. The van der Waals surface area contributed by atoms with E-state index in [1.807, 2.05) is 0 Å². The molecule has 96 valence electrons. The van der Waals surface area contributed by atoms with Gasteiger partial charge in [-0.2, -0.15) is 0 Å². The van der Waals surface area contributed by atoms with Crippen LogP contribution in [0.3, 0.4) is 0 Å². The van der Waals surface area contributed by atoms with Gasteiger partial charge in [-0.3, -0.25) is 9.69 Å². The molecule has 0 saturated carbocycles. The Morgan fingerprint density at radius 2 is 2.19 bits per heavy atom. The lowest BCUT2D eigenvalue weighted by Gasteiger charge is -2.28. The molecule has 16 heavy (non-hydrogen) atoms. The van der Waals surface area contributed by atoms with Gasteiger partial charge in [-0.05, 0) is 26.9 Å². The zero-order valence-electron chi connectivity index (χ0n) is 10.8. The highest BCUT2D eigenvalue weighted by Crippen LogP contribution is 2.02. The molecule has 0 aliphatic carbocycles. The predicted octanol–water partition coefficient (Wildman–Crippen LogP) is -0.193. The molecule has 2 unspecified atom stereocenters. The molecule has 0 rings (SSSR count). The zero-order chi connectivity index (χ0) is 12.6. The molecule has 2 atom stereocenters. The van der Waals surface area contributed by atoms with Crippen molar-refractivity contribution in [3.05, 3.63) is 0 Å². The van der Waals surface area contributed by atoms with Crippen molar-refractivity contribution in [2.24, 2.45) is 5.73 Å². The maximum Gasteiger partial charge on any atom is 0.234 e. The molecule has 0 aromatic heterocycles. The van der Waals surface area contributed by atoms with Crippen LogP contribution in [0.25, 0.3) is 0 Å². The number of amides is 1. The van der Waals surface area contributed by atoms with Gasteiger partial charge in [0.15, 0.2) is 0 Å². The van der Waals surface area contributed by atoms with E-state index in [2.05, 4.69) is 24.1 Å². The van der Waals surface area contributed by atoms with Gasteiger partial charge in [0.2, 0.25) is 5.91 Å². The summed E-state index contributed by atoms with van der Waals surface area (Å²) < 4.78 is 5.12. The molecule has 0 bridgehead atoms. The minimum absolute atomic E-state index is 0.246. The highest BCUT2D eigenvalue weighted by molar-refractivity contribution is 5.79. The van der Waals surface area contributed by atoms with Gasteiger partial charge in [-0.25, -0.2) is 0 Å². The first-order valence-corrected chi connectivity index (χ1v) is 5.76. The number of primary amides is 1. The predicted molar refractivity (Wildman–Crippen MR) is 65.2 cm³/mol. The van der Waals surface area contributed by atoms with Crippen LogP contribution in [0.2, 0.25) is 0 Å². The Labute approximate surface area is 98.3 Å². The van der Waals surface area contributed by atoms with Crippen molar-refractivity contribution in [3.63, 3.8) is 0 Å². The van der Waals surface area contributed by atoms with E-state index < -0.39 is 0 Å². The Balaban J connectivity index is 4.07. The molecular formula is C11H25N3O2. The first kappa shape index (κ1) is 15.3.